The van der Waals surface area contributed by atoms with Crippen LogP contribution in [0.1, 0.15) is 11.4 Å². The van der Waals surface area contributed by atoms with Crippen LogP contribution >= 0.6 is 0 Å². The number of anilines is 1. The van der Waals surface area contributed by atoms with Crippen molar-refractivity contribution in [2.24, 2.45) is 0 Å². The second kappa shape index (κ2) is 2.88. The molecule has 0 aliphatic carbocycles. The predicted molar refractivity (Wildman–Crippen MR) is 45.9 cm³/mol. The highest BCUT2D eigenvalue weighted by Gasteiger charge is 2.16. The van der Waals surface area contributed by atoms with Gasteiger partial charge in [0.25, 0.3) is 5.89 Å². The van der Waals surface area contributed by atoms with Crippen LogP contribution in [0.5, 0.6) is 0 Å². The van der Waals surface area contributed by atoms with Crippen molar-refractivity contribution in [2.75, 3.05) is 5.73 Å². The van der Waals surface area contributed by atoms with Crippen molar-refractivity contribution in [1.29, 1.82) is 5.26 Å². The molecule has 14 heavy (non-hydrogen) atoms. The number of hydrogen-bond donors (Lipinski definition) is 1. The minimum absolute atomic E-state index is 0.0155. The zero-order valence-corrected chi connectivity index (χ0v) is 7.31. The molecule has 2 rings (SSSR count). The molecule has 2 N–H and O–H groups in total. The van der Waals surface area contributed by atoms with Gasteiger partial charge in [-0.3, -0.25) is 0 Å². The molecule has 2 aromatic rings. The first-order valence-corrected chi connectivity index (χ1v) is 3.79. The number of nitriles is 1. The van der Waals surface area contributed by atoms with Crippen molar-refractivity contribution in [3.8, 4) is 17.7 Å². The van der Waals surface area contributed by atoms with Gasteiger partial charge in [-0.25, -0.2) is 4.98 Å². The van der Waals surface area contributed by atoms with Crippen molar-refractivity contribution < 1.29 is 8.83 Å². The Balaban J connectivity index is 2.54. The van der Waals surface area contributed by atoms with Crippen LogP contribution in [0, 0.1) is 18.3 Å². The van der Waals surface area contributed by atoms with E-state index >= 15 is 0 Å². The number of aromatic nitrogens is 2. The summed E-state index contributed by atoms with van der Waals surface area (Å²) in [7, 11) is 0. The summed E-state index contributed by atoms with van der Waals surface area (Å²) in [5.74, 6) is 0.547. The van der Waals surface area contributed by atoms with Crippen LogP contribution in [-0.2, 0) is 0 Å². The second-order valence-corrected chi connectivity index (χ2v) is 2.61. The van der Waals surface area contributed by atoms with Gasteiger partial charge in [0.05, 0.1) is 5.69 Å². The van der Waals surface area contributed by atoms with Crippen molar-refractivity contribution in [3.63, 3.8) is 0 Å². The fourth-order valence-corrected chi connectivity index (χ4v) is 1.02. The van der Waals surface area contributed by atoms with Crippen LogP contribution in [0.15, 0.2) is 15.2 Å². The molecule has 6 nitrogen and oxygen atoms in total. The third kappa shape index (κ3) is 1.11. The Bertz CT molecular complexity index is 506. The molecular formula is C8H6N4O2. The van der Waals surface area contributed by atoms with Gasteiger partial charge in [-0.15, -0.1) is 0 Å². The van der Waals surface area contributed by atoms with Gasteiger partial charge >= 0.3 is 0 Å². The topological polar surface area (TPSA) is 102 Å². The molecule has 0 fully saturated rings. The molecule has 0 bridgehead atoms. The van der Waals surface area contributed by atoms with Crippen molar-refractivity contribution in [3.05, 3.63) is 17.8 Å². The maximum absolute atomic E-state index is 8.60. The zero-order valence-electron chi connectivity index (χ0n) is 7.31. The maximum atomic E-state index is 8.60. The quantitative estimate of drug-likeness (QED) is 0.722. The summed E-state index contributed by atoms with van der Waals surface area (Å²) in [4.78, 5) is 7.71. The molecule has 0 saturated heterocycles. The number of hydrogen-bond acceptors (Lipinski definition) is 6. The lowest BCUT2D eigenvalue weighted by molar-refractivity contribution is 0.521. The Morgan fingerprint density at radius 3 is 2.86 bits per heavy atom. The van der Waals surface area contributed by atoms with Crippen LogP contribution in [0.2, 0.25) is 0 Å². The Morgan fingerprint density at radius 2 is 2.36 bits per heavy atom. The van der Waals surface area contributed by atoms with Crippen LogP contribution in [0.4, 0.5) is 5.88 Å². The lowest BCUT2D eigenvalue weighted by atomic mass is 10.4. The number of nitrogens with two attached hydrogens (primary N) is 1. The number of nitrogen functional groups attached to an aromatic ring is 1. The van der Waals surface area contributed by atoms with Crippen molar-refractivity contribution in [1.82, 2.24) is 9.97 Å². The fraction of sp³-hybridized carbons (Fsp3) is 0.125. The van der Waals surface area contributed by atoms with Gasteiger partial charge < -0.3 is 14.6 Å². The van der Waals surface area contributed by atoms with Crippen LogP contribution in [0.25, 0.3) is 11.7 Å². The van der Waals surface area contributed by atoms with Gasteiger partial charge in [0.1, 0.15) is 6.07 Å². The first-order chi connectivity index (χ1) is 6.72. The molecule has 0 amide bonds. The molecule has 0 saturated carbocycles. The van der Waals surface area contributed by atoms with Gasteiger partial charge in [-0.05, 0) is 6.92 Å². The number of nitrogens with zero attached hydrogens (tertiary/aromatic N) is 3. The smallest absolute Gasteiger partial charge is 0.268 e. The van der Waals surface area contributed by atoms with Gasteiger partial charge in [0.15, 0.2) is 6.39 Å². The zero-order chi connectivity index (χ0) is 10.1. The van der Waals surface area contributed by atoms with Gasteiger partial charge in [0, 0.05) is 0 Å². The summed E-state index contributed by atoms with van der Waals surface area (Å²) < 4.78 is 10.1. The first kappa shape index (κ1) is 8.31. The number of oxazole rings is 2. The monoisotopic (exact) mass is 190 g/mol. The molecule has 0 unspecified atom stereocenters. The summed E-state index contributed by atoms with van der Waals surface area (Å²) in [6.07, 6.45) is 1.27. The van der Waals surface area contributed by atoms with E-state index < -0.39 is 0 Å². The minimum atomic E-state index is -0.0155. The van der Waals surface area contributed by atoms with Crippen LogP contribution in [-0.4, -0.2) is 9.97 Å². The highest BCUT2D eigenvalue weighted by molar-refractivity contribution is 5.53. The number of aryl methyl sites for hydroxylation is 1. The van der Waals surface area contributed by atoms with Crippen LogP contribution in [0.3, 0.4) is 0 Å². The summed E-state index contributed by atoms with van der Waals surface area (Å²) in [6.45, 7) is 1.74. The van der Waals surface area contributed by atoms with E-state index in [-0.39, 0.29) is 17.5 Å². The first-order valence-electron chi connectivity index (χ1n) is 3.79. The fourth-order valence-electron chi connectivity index (χ4n) is 1.02. The van der Waals surface area contributed by atoms with E-state index in [4.69, 9.17) is 19.8 Å². The highest BCUT2D eigenvalue weighted by Crippen LogP contribution is 2.25. The third-order valence-corrected chi connectivity index (χ3v) is 1.70. The molecule has 0 radical (unpaired) electrons. The Morgan fingerprint density at radius 1 is 1.57 bits per heavy atom. The highest BCUT2D eigenvalue weighted by atomic mass is 16.4. The third-order valence-electron chi connectivity index (χ3n) is 1.70. The molecule has 2 aromatic heterocycles. The van der Waals surface area contributed by atoms with E-state index in [0.717, 1.165) is 0 Å². The van der Waals surface area contributed by atoms with E-state index in [1.165, 1.54) is 6.39 Å². The number of rotatable bonds is 1. The molecule has 0 spiro atoms. The van der Waals surface area contributed by atoms with Gasteiger partial charge in [0.2, 0.25) is 17.3 Å². The van der Waals surface area contributed by atoms with E-state index in [1.54, 1.807) is 13.0 Å². The molecule has 0 aliphatic rings. The summed E-state index contributed by atoms with van der Waals surface area (Å²) in [5.41, 5.74) is 6.08. The molecular weight excluding hydrogens is 184 g/mol. The predicted octanol–water partition coefficient (Wildman–Crippen LogP) is 1.09. The molecule has 0 aromatic carbocycles. The summed E-state index contributed by atoms with van der Waals surface area (Å²) >= 11 is 0. The maximum Gasteiger partial charge on any atom is 0.268 e. The minimum Gasteiger partial charge on any atom is -0.438 e. The average Bonchev–Trinajstić information content (AvgIpc) is 2.71. The van der Waals surface area contributed by atoms with Gasteiger partial charge in [-0.2, -0.15) is 10.2 Å². The van der Waals surface area contributed by atoms with Crippen molar-refractivity contribution >= 4 is 5.88 Å². The normalized spacial score (nSPS) is 10.0. The summed E-state index contributed by atoms with van der Waals surface area (Å²) in [5, 5.41) is 8.60. The molecule has 6 heteroatoms. The van der Waals surface area contributed by atoms with E-state index in [1.807, 2.05) is 0 Å². The SMILES string of the molecule is Cc1ncoc1-c1nc(C#N)c(N)o1. The molecule has 0 aliphatic heterocycles. The van der Waals surface area contributed by atoms with E-state index in [2.05, 4.69) is 9.97 Å². The van der Waals surface area contributed by atoms with Crippen molar-refractivity contribution in [2.45, 2.75) is 6.92 Å². The Kier molecular flexibility index (Phi) is 1.71. The lowest BCUT2D eigenvalue weighted by Crippen LogP contribution is -1.84. The largest absolute Gasteiger partial charge is 0.438 e. The summed E-state index contributed by atoms with van der Waals surface area (Å²) in [6, 6.07) is 1.81. The van der Waals surface area contributed by atoms with E-state index in [0.29, 0.717) is 11.5 Å². The second-order valence-electron chi connectivity index (χ2n) is 2.61. The molecule has 0 atom stereocenters. The average molecular weight is 190 g/mol. The van der Waals surface area contributed by atoms with Crippen LogP contribution < -0.4 is 5.73 Å². The Hall–Kier alpha value is -2.29. The molecule has 70 valence electrons. The standard InChI is InChI=1S/C8H6N4O2/c1-4-6(13-3-11-4)8-12-5(2-9)7(10)14-8/h3H,10H2,1H3. The molecule has 2 heterocycles. The Labute approximate surface area is 79.0 Å². The van der Waals surface area contributed by atoms with Gasteiger partial charge in [-0.1, -0.05) is 0 Å². The van der Waals surface area contributed by atoms with E-state index in [9.17, 15) is 0 Å². The lowest BCUT2D eigenvalue weighted by Gasteiger charge is -1.87.